The summed E-state index contributed by atoms with van der Waals surface area (Å²) in [6, 6.07) is 3.97. The topological polar surface area (TPSA) is 35.0 Å². The van der Waals surface area contributed by atoms with E-state index in [9.17, 15) is 0 Å². The van der Waals surface area contributed by atoms with Gasteiger partial charge in [-0.15, -0.1) is 0 Å². The van der Waals surface area contributed by atoms with E-state index in [-0.39, 0.29) is 0 Å². The Hall–Kier alpha value is -0.210. The Morgan fingerprint density at radius 1 is 1.47 bits per heavy atom. The van der Waals surface area contributed by atoms with Crippen LogP contribution in [0.25, 0.3) is 10.6 Å². The molecule has 0 aliphatic carbocycles. The van der Waals surface area contributed by atoms with E-state index in [2.05, 4.69) is 47.9 Å². The SMILES string of the molecule is COc1cc(-c2ncns2)c(I)cc1Br. The van der Waals surface area contributed by atoms with Gasteiger partial charge in [0.2, 0.25) is 0 Å². The van der Waals surface area contributed by atoms with Crippen molar-refractivity contribution in [1.82, 2.24) is 9.36 Å². The van der Waals surface area contributed by atoms with Gasteiger partial charge in [-0.1, -0.05) is 0 Å². The highest BCUT2D eigenvalue weighted by Crippen LogP contribution is 2.35. The molecule has 0 amide bonds. The van der Waals surface area contributed by atoms with Crippen molar-refractivity contribution in [3.05, 3.63) is 26.5 Å². The van der Waals surface area contributed by atoms with Crippen molar-refractivity contribution in [3.8, 4) is 16.3 Å². The van der Waals surface area contributed by atoms with E-state index in [1.165, 1.54) is 11.5 Å². The maximum atomic E-state index is 5.24. The Kier molecular flexibility index (Phi) is 3.57. The maximum Gasteiger partial charge on any atom is 0.144 e. The molecule has 15 heavy (non-hydrogen) atoms. The van der Waals surface area contributed by atoms with Gasteiger partial charge < -0.3 is 4.74 Å². The largest absolute Gasteiger partial charge is 0.496 e. The monoisotopic (exact) mass is 396 g/mol. The standard InChI is InChI=1S/C9H6BrIN2OS/c1-14-8-2-5(7(11)3-6(8)10)9-12-4-13-15-9/h2-4H,1H3. The Morgan fingerprint density at radius 3 is 2.87 bits per heavy atom. The van der Waals surface area contributed by atoms with Gasteiger partial charge in [0, 0.05) is 9.13 Å². The second-order valence-electron chi connectivity index (χ2n) is 2.71. The van der Waals surface area contributed by atoms with Gasteiger partial charge in [-0.3, -0.25) is 0 Å². The summed E-state index contributed by atoms with van der Waals surface area (Å²) >= 11 is 7.09. The van der Waals surface area contributed by atoms with Gasteiger partial charge in [0.1, 0.15) is 17.1 Å². The fourth-order valence-electron chi connectivity index (χ4n) is 1.14. The zero-order valence-electron chi connectivity index (χ0n) is 7.70. The minimum atomic E-state index is 0.806. The fourth-order valence-corrected chi connectivity index (χ4v) is 3.54. The molecule has 0 bridgehead atoms. The van der Waals surface area contributed by atoms with E-state index < -0.39 is 0 Å². The van der Waals surface area contributed by atoms with Crippen LogP contribution >= 0.6 is 50.1 Å². The molecule has 0 saturated heterocycles. The summed E-state index contributed by atoms with van der Waals surface area (Å²) in [5.41, 5.74) is 1.05. The molecule has 0 aliphatic rings. The summed E-state index contributed by atoms with van der Waals surface area (Å²) in [5.74, 6) is 0.806. The number of aromatic nitrogens is 2. The molecular formula is C9H6BrIN2OS. The van der Waals surface area contributed by atoms with Crippen molar-refractivity contribution >= 4 is 50.1 Å². The lowest BCUT2D eigenvalue weighted by atomic mass is 10.2. The summed E-state index contributed by atoms with van der Waals surface area (Å²) in [7, 11) is 1.65. The van der Waals surface area contributed by atoms with E-state index in [0.29, 0.717) is 0 Å². The molecule has 1 aromatic heterocycles. The van der Waals surface area contributed by atoms with Crippen LogP contribution in [0, 0.1) is 3.57 Å². The zero-order valence-corrected chi connectivity index (χ0v) is 12.3. The van der Waals surface area contributed by atoms with Crippen LogP contribution in [0.2, 0.25) is 0 Å². The first-order valence-electron chi connectivity index (χ1n) is 4.02. The second kappa shape index (κ2) is 4.75. The molecule has 0 spiro atoms. The van der Waals surface area contributed by atoms with Gasteiger partial charge >= 0.3 is 0 Å². The van der Waals surface area contributed by atoms with E-state index >= 15 is 0 Å². The third kappa shape index (κ3) is 2.31. The molecule has 2 rings (SSSR count). The number of hydrogen-bond acceptors (Lipinski definition) is 4. The van der Waals surface area contributed by atoms with Gasteiger partial charge in [-0.05, 0) is 62.2 Å². The number of methoxy groups -OCH3 is 1. The summed E-state index contributed by atoms with van der Waals surface area (Å²) in [6.45, 7) is 0. The highest BCUT2D eigenvalue weighted by Gasteiger charge is 2.11. The third-order valence-electron chi connectivity index (χ3n) is 1.83. The summed E-state index contributed by atoms with van der Waals surface area (Å²) in [6.07, 6.45) is 1.56. The summed E-state index contributed by atoms with van der Waals surface area (Å²) in [4.78, 5) is 4.18. The molecule has 3 nitrogen and oxygen atoms in total. The molecule has 0 fully saturated rings. The van der Waals surface area contributed by atoms with Crippen LogP contribution in [0.1, 0.15) is 0 Å². The highest BCUT2D eigenvalue weighted by molar-refractivity contribution is 14.1. The maximum absolute atomic E-state index is 5.24. The molecular weight excluding hydrogens is 391 g/mol. The van der Waals surface area contributed by atoms with Crippen LogP contribution in [0.4, 0.5) is 0 Å². The molecule has 78 valence electrons. The minimum absolute atomic E-state index is 0.806. The van der Waals surface area contributed by atoms with Gasteiger partial charge in [0.05, 0.1) is 11.6 Å². The number of rotatable bonds is 2. The van der Waals surface area contributed by atoms with Crippen molar-refractivity contribution in [1.29, 1.82) is 0 Å². The molecule has 1 aromatic carbocycles. The molecule has 0 unspecified atom stereocenters. The van der Waals surface area contributed by atoms with Crippen LogP contribution in [-0.2, 0) is 0 Å². The summed E-state index contributed by atoms with van der Waals surface area (Å²) < 4.78 is 11.3. The lowest BCUT2D eigenvalue weighted by molar-refractivity contribution is 0.412. The van der Waals surface area contributed by atoms with Crippen LogP contribution in [0.15, 0.2) is 22.9 Å². The predicted molar refractivity (Wildman–Crippen MR) is 72.3 cm³/mol. The number of ether oxygens (including phenoxy) is 1. The van der Waals surface area contributed by atoms with Crippen molar-refractivity contribution in [2.45, 2.75) is 0 Å². The lowest BCUT2D eigenvalue weighted by Gasteiger charge is -2.06. The normalized spacial score (nSPS) is 10.3. The number of nitrogens with zero attached hydrogens (tertiary/aromatic N) is 2. The van der Waals surface area contributed by atoms with Crippen molar-refractivity contribution in [2.75, 3.05) is 7.11 Å². The first-order valence-corrected chi connectivity index (χ1v) is 6.67. The third-order valence-corrected chi connectivity index (χ3v) is 4.04. The fraction of sp³-hybridized carbons (Fsp3) is 0.111. The smallest absolute Gasteiger partial charge is 0.144 e. The second-order valence-corrected chi connectivity index (χ2v) is 5.51. The van der Waals surface area contributed by atoms with Gasteiger partial charge in [-0.25, -0.2) is 4.98 Å². The molecule has 0 saturated carbocycles. The van der Waals surface area contributed by atoms with Crippen molar-refractivity contribution < 1.29 is 4.74 Å². The van der Waals surface area contributed by atoms with Gasteiger partial charge in [0.15, 0.2) is 0 Å². The van der Waals surface area contributed by atoms with Crippen LogP contribution in [0.3, 0.4) is 0 Å². The van der Waals surface area contributed by atoms with Gasteiger partial charge in [-0.2, -0.15) is 4.37 Å². The van der Waals surface area contributed by atoms with Crippen LogP contribution in [-0.4, -0.2) is 16.5 Å². The average molecular weight is 397 g/mol. The van der Waals surface area contributed by atoms with E-state index in [4.69, 9.17) is 4.74 Å². The first-order chi connectivity index (χ1) is 7.22. The van der Waals surface area contributed by atoms with E-state index in [1.54, 1.807) is 13.4 Å². The number of halogens is 2. The summed E-state index contributed by atoms with van der Waals surface area (Å²) in [5, 5.41) is 0.908. The molecule has 6 heteroatoms. The van der Waals surface area contributed by atoms with Crippen LogP contribution in [0.5, 0.6) is 5.75 Å². The first kappa shape index (κ1) is 11.3. The van der Waals surface area contributed by atoms with E-state index in [1.807, 2.05) is 12.1 Å². The molecule has 0 aliphatic heterocycles. The Bertz CT molecular complexity index is 475. The number of hydrogen-bond donors (Lipinski definition) is 0. The molecule has 2 aromatic rings. The van der Waals surface area contributed by atoms with E-state index in [0.717, 1.165) is 24.4 Å². The molecule has 0 N–H and O–H groups in total. The Labute approximate surface area is 113 Å². The predicted octanol–water partition coefficient (Wildman–Crippen LogP) is 3.58. The molecule has 1 heterocycles. The molecule has 0 radical (unpaired) electrons. The average Bonchev–Trinajstić information content (AvgIpc) is 2.71. The number of benzene rings is 1. The Balaban J connectivity index is 2.57. The molecule has 0 atom stereocenters. The quantitative estimate of drug-likeness (QED) is 0.727. The minimum Gasteiger partial charge on any atom is -0.496 e. The zero-order chi connectivity index (χ0) is 10.8. The van der Waals surface area contributed by atoms with Crippen molar-refractivity contribution in [2.24, 2.45) is 0 Å². The van der Waals surface area contributed by atoms with Crippen LogP contribution < -0.4 is 4.74 Å². The highest BCUT2D eigenvalue weighted by atomic mass is 127. The Morgan fingerprint density at radius 2 is 2.27 bits per heavy atom. The van der Waals surface area contributed by atoms with Crippen molar-refractivity contribution in [3.63, 3.8) is 0 Å². The lowest BCUT2D eigenvalue weighted by Crippen LogP contribution is -1.88. The van der Waals surface area contributed by atoms with Gasteiger partial charge in [0.25, 0.3) is 0 Å².